The third-order valence-corrected chi connectivity index (χ3v) is 4.71. The second-order valence-electron chi connectivity index (χ2n) is 4.54. The predicted octanol–water partition coefficient (Wildman–Crippen LogP) is 2.36. The van der Waals surface area contributed by atoms with Gasteiger partial charge in [-0.05, 0) is 37.3 Å². The van der Waals surface area contributed by atoms with Gasteiger partial charge in [0.1, 0.15) is 0 Å². The van der Waals surface area contributed by atoms with E-state index in [-0.39, 0.29) is 5.97 Å². The highest BCUT2D eigenvalue weighted by Gasteiger charge is 2.41. The van der Waals surface area contributed by atoms with Crippen LogP contribution in [0.25, 0.3) is 0 Å². The molecule has 1 aliphatic carbocycles. The molecular formula is C13H18N2O2S. The lowest BCUT2D eigenvalue weighted by atomic mass is 10.1. The lowest BCUT2D eigenvalue weighted by molar-refractivity contribution is 0.0602. The van der Waals surface area contributed by atoms with Crippen LogP contribution in [-0.2, 0) is 4.74 Å². The van der Waals surface area contributed by atoms with E-state index in [0.717, 1.165) is 12.2 Å². The van der Waals surface area contributed by atoms with Crippen LogP contribution >= 0.6 is 11.8 Å². The van der Waals surface area contributed by atoms with Crippen LogP contribution in [0.3, 0.4) is 0 Å². The van der Waals surface area contributed by atoms with Crippen molar-refractivity contribution in [1.29, 1.82) is 0 Å². The largest absolute Gasteiger partial charge is 0.465 e. The molecule has 1 aromatic rings. The fourth-order valence-electron chi connectivity index (χ4n) is 1.84. The number of esters is 1. The second kappa shape index (κ2) is 5.10. The minimum atomic E-state index is -0.362. The number of hydrogen-bond acceptors (Lipinski definition) is 5. The fraction of sp³-hybridized carbons (Fsp3) is 0.462. The molecule has 1 aliphatic rings. The summed E-state index contributed by atoms with van der Waals surface area (Å²) in [6.45, 7) is 0.863. The topological polar surface area (TPSA) is 64.3 Å². The monoisotopic (exact) mass is 266 g/mol. The van der Waals surface area contributed by atoms with Crippen molar-refractivity contribution >= 4 is 29.1 Å². The van der Waals surface area contributed by atoms with Crippen molar-refractivity contribution in [3.63, 3.8) is 0 Å². The van der Waals surface area contributed by atoms with Crippen molar-refractivity contribution < 1.29 is 9.53 Å². The summed E-state index contributed by atoms with van der Waals surface area (Å²) in [5, 5.41) is 3.33. The van der Waals surface area contributed by atoms with E-state index in [0.29, 0.717) is 16.0 Å². The fourth-order valence-corrected chi connectivity index (χ4v) is 2.57. The molecule has 0 amide bonds. The van der Waals surface area contributed by atoms with Crippen molar-refractivity contribution in [2.75, 3.05) is 31.0 Å². The first-order valence-corrected chi connectivity index (χ1v) is 7.09. The van der Waals surface area contributed by atoms with E-state index in [1.54, 1.807) is 12.1 Å². The number of carbonyl (C=O) groups excluding carboxylic acids is 1. The summed E-state index contributed by atoms with van der Waals surface area (Å²) in [5.41, 5.74) is 7.55. The van der Waals surface area contributed by atoms with Gasteiger partial charge in [-0.15, -0.1) is 0 Å². The Balaban J connectivity index is 2.14. The molecule has 2 rings (SSSR count). The summed E-state index contributed by atoms with van der Waals surface area (Å²) < 4.78 is 5.11. The van der Waals surface area contributed by atoms with Gasteiger partial charge in [-0.2, -0.15) is 11.8 Å². The minimum Gasteiger partial charge on any atom is -0.465 e. The molecule has 1 aromatic carbocycles. The Morgan fingerprint density at radius 1 is 1.56 bits per heavy atom. The molecule has 3 N–H and O–H groups in total. The Morgan fingerprint density at radius 2 is 2.28 bits per heavy atom. The Bertz CT molecular complexity index is 458. The summed E-state index contributed by atoms with van der Waals surface area (Å²) in [6.07, 6.45) is 4.58. The number of nitrogen functional groups attached to an aromatic ring is 1. The Hall–Kier alpha value is -1.36. The third-order valence-electron chi connectivity index (χ3n) is 3.29. The predicted molar refractivity (Wildman–Crippen MR) is 76.2 cm³/mol. The van der Waals surface area contributed by atoms with Crippen LogP contribution in [0.15, 0.2) is 18.2 Å². The molecule has 4 nitrogen and oxygen atoms in total. The van der Waals surface area contributed by atoms with Gasteiger partial charge in [0.2, 0.25) is 0 Å². The van der Waals surface area contributed by atoms with Crippen LogP contribution in [0, 0.1) is 0 Å². The van der Waals surface area contributed by atoms with Gasteiger partial charge >= 0.3 is 5.97 Å². The molecule has 98 valence electrons. The lowest BCUT2D eigenvalue weighted by Crippen LogP contribution is -2.19. The molecule has 0 unspecified atom stereocenters. The quantitative estimate of drug-likeness (QED) is 0.632. The van der Waals surface area contributed by atoms with Crippen LogP contribution in [0.4, 0.5) is 11.4 Å². The normalized spacial score (nSPS) is 16.1. The first kappa shape index (κ1) is 13.1. The van der Waals surface area contributed by atoms with E-state index in [1.165, 1.54) is 20.0 Å². The first-order chi connectivity index (χ1) is 8.60. The van der Waals surface area contributed by atoms with Crippen LogP contribution in [0.5, 0.6) is 0 Å². The van der Waals surface area contributed by atoms with Crippen LogP contribution in [-0.4, -0.2) is 30.6 Å². The Kier molecular flexibility index (Phi) is 3.71. The molecular weight excluding hydrogens is 248 g/mol. The number of thioether (sulfide) groups is 1. The zero-order chi connectivity index (χ0) is 13.2. The van der Waals surface area contributed by atoms with E-state index in [1.807, 2.05) is 17.8 Å². The minimum absolute atomic E-state index is 0.342. The maximum absolute atomic E-state index is 11.7. The standard InChI is InChI=1S/C13H18N2O2S/c1-17-12(16)10-7-9(14)3-4-11(10)15-8-13(18-2)5-6-13/h3-4,7,15H,5-6,8,14H2,1-2H3. The summed E-state index contributed by atoms with van der Waals surface area (Å²) in [7, 11) is 1.37. The molecule has 0 saturated heterocycles. The third kappa shape index (κ3) is 2.72. The van der Waals surface area contributed by atoms with Crippen molar-refractivity contribution in [2.24, 2.45) is 0 Å². The van der Waals surface area contributed by atoms with Crippen molar-refractivity contribution in [3.8, 4) is 0 Å². The molecule has 1 fully saturated rings. The molecule has 0 atom stereocenters. The highest BCUT2D eigenvalue weighted by molar-refractivity contribution is 8.00. The molecule has 0 heterocycles. The average Bonchev–Trinajstić information content (AvgIpc) is 3.17. The number of nitrogens with one attached hydrogen (secondary N) is 1. The molecule has 1 saturated carbocycles. The number of rotatable bonds is 5. The number of nitrogens with two attached hydrogens (primary N) is 1. The summed E-state index contributed by atoms with van der Waals surface area (Å²) >= 11 is 1.88. The molecule has 0 radical (unpaired) electrons. The van der Waals surface area contributed by atoms with E-state index >= 15 is 0 Å². The van der Waals surface area contributed by atoms with Gasteiger partial charge in [-0.1, -0.05) is 0 Å². The van der Waals surface area contributed by atoms with E-state index in [2.05, 4.69) is 11.6 Å². The van der Waals surface area contributed by atoms with Gasteiger partial charge in [0.05, 0.1) is 12.7 Å². The van der Waals surface area contributed by atoms with Crippen LogP contribution in [0.1, 0.15) is 23.2 Å². The summed E-state index contributed by atoms with van der Waals surface area (Å²) in [5.74, 6) is -0.362. The molecule has 0 spiro atoms. The SMILES string of the molecule is COC(=O)c1cc(N)ccc1NCC1(SC)CC1. The number of anilines is 2. The van der Waals surface area contributed by atoms with Gasteiger partial charge < -0.3 is 15.8 Å². The molecule has 0 bridgehead atoms. The summed E-state index contributed by atoms with van der Waals surface area (Å²) in [4.78, 5) is 11.7. The van der Waals surface area contributed by atoms with E-state index in [9.17, 15) is 4.79 Å². The summed E-state index contributed by atoms with van der Waals surface area (Å²) in [6, 6.07) is 5.26. The number of ether oxygens (including phenoxy) is 1. The van der Waals surface area contributed by atoms with Crippen molar-refractivity contribution in [2.45, 2.75) is 17.6 Å². The number of methoxy groups -OCH3 is 1. The zero-order valence-electron chi connectivity index (χ0n) is 10.7. The smallest absolute Gasteiger partial charge is 0.340 e. The number of benzene rings is 1. The van der Waals surface area contributed by atoms with E-state index < -0.39 is 0 Å². The van der Waals surface area contributed by atoms with Crippen LogP contribution in [0.2, 0.25) is 0 Å². The Labute approximate surface area is 111 Å². The van der Waals surface area contributed by atoms with Gasteiger partial charge in [0.25, 0.3) is 0 Å². The number of carbonyl (C=O) groups is 1. The molecule has 5 heteroatoms. The van der Waals surface area contributed by atoms with E-state index in [4.69, 9.17) is 10.5 Å². The van der Waals surface area contributed by atoms with Crippen LogP contribution < -0.4 is 11.1 Å². The van der Waals surface area contributed by atoms with Gasteiger partial charge in [0.15, 0.2) is 0 Å². The van der Waals surface area contributed by atoms with Crippen molar-refractivity contribution in [3.05, 3.63) is 23.8 Å². The van der Waals surface area contributed by atoms with Gasteiger partial charge in [-0.25, -0.2) is 4.79 Å². The Morgan fingerprint density at radius 3 is 2.83 bits per heavy atom. The first-order valence-electron chi connectivity index (χ1n) is 5.87. The van der Waals surface area contributed by atoms with Gasteiger partial charge in [0, 0.05) is 22.7 Å². The average molecular weight is 266 g/mol. The lowest BCUT2D eigenvalue weighted by Gasteiger charge is -2.16. The molecule has 0 aliphatic heterocycles. The number of hydrogen-bond donors (Lipinski definition) is 2. The maximum Gasteiger partial charge on any atom is 0.340 e. The zero-order valence-corrected chi connectivity index (χ0v) is 11.5. The maximum atomic E-state index is 11.7. The highest BCUT2D eigenvalue weighted by Crippen LogP contribution is 2.47. The molecule has 0 aromatic heterocycles. The molecule has 18 heavy (non-hydrogen) atoms. The van der Waals surface area contributed by atoms with Gasteiger partial charge in [-0.3, -0.25) is 0 Å². The highest BCUT2D eigenvalue weighted by atomic mass is 32.2. The second-order valence-corrected chi connectivity index (χ2v) is 5.81. The van der Waals surface area contributed by atoms with Crippen molar-refractivity contribution in [1.82, 2.24) is 0 Å².